The van der Waals surface area contributed by atoms with Crippen LogP contribution < -0.4 is 5.32 Å². The van der Waals surface area contributed by atoms with Gasteiger partial charge in [-0.1, -0.05) is 158 Å². The molecule has 9 aromatic rings. The van der Waals surface area contributed by atoms with Gasteiger partial charge in [-0.3, -0.25) is 15.0 Å². The highest BCUT2D eigenvalue weighted by molar-refractivity contribution is 6.17. The molecule has 1 unspecified atom stereocenters. The quantitative estimate of drug-likeness (QED) is 0.179. The highest BCUT2D eigenvalue weighted by atomic mass is 15.1. The van der Waals surface area contributed by atoms with Crippen molar-refractivity contribution in [2.24, 2.45) is 4.99 Å². The maximum Gasteiger partial charge on any atom is 0.145 e. The van der Waals surface area contributed by atoms with Gasteiger partial charge in [-0.15, -0.1) is 0 Å². The Morgan fingerprint density at radius 1 is 0.393 bits per heavy atom. The Bertz CT molecular complexity index is 2850. The van der Waals surface area contributed by atoms with Crippen LogP contribution in [0.4, 0.5) is 5.69 Å². The molecule has 56 heavy (non-hydrogen) atoms. The van der Waals surface area contributed by atoms with Crippen LogP contribution in [0.1, 0.15) is 22.9 Å². The zero-order valence-electron chi connectivity index (χ0n) is 30.5. The van der Waals surface area contributed by atoms with E-state index in [1.54, 1.807) is 0 Å². The fourth-order valence-electron chi connectivity index (χ4n) is 7.79. The molecule has 0 saturated heterocycles. The van der Waals surface area contributed by atoms with E-state index in [1.165, 1.54) is 5.56 Å². The molecule has 1 atom stereocenters. The van der Waals surface area contributed by atoms with Crippen molar-refractivity contribution in [3.05, 3.63) is 223 Å². The van der Waals surface area contributed by atoms with Crippen molar-refractivity contribution in [3.8, 4) is 55.9 Å². The Morgan fingerprint density at radius 3 is 1.73 bits per heavy atom. The van der Waals surface area contributed by atoms with Crippen LogP contribution in [0.15, 0.2) is 212 Å². The van der Waals surface area contributed by atoms with Gasteiger partial charge in [0, 0.05) is 51.3 Å². The van der Waals surface area contributed by atoms with E-state index >= 15 is 0 Å². The zero-order chi connectivity index (χ0) is 37.3. The van der Waals surface area contributed by atoms with E-state index < -0.39 is 0 Å². The van der Waals surface area contributed by atoms with Gasteiger partial charge in [0.25, 0.3) is 0 Å². The molecule has 1 aliphatic heterocycles. The van der Waals surface area contributed by atoms with E-state index in [1.807, 2.05) is 30.6 Å². The lowest BCUT2D eigenvalue weighted by molar-refractivity contribution is 0.829. The van der Waals surface area contributed by atoms with Crippen molar-refractivity contribution in [2.45, 2.75) is 6.17 Å². The van der Waals surface area contributed by atoms with E-state index in [9.17, 15) is 0 Å². The van der Waals surface area contributed by atoms with Gasteiger partial charge in [0.2, 0.25) is 0 Å². The molecule has 3 heterocycles. The molecule has 0 bridgehead atoms. The summed E-state index contributed by atoms with van der Waals surface area (Å²) in [4.78, 5) is 15.3. The van der Waals surface area contributed by atoms with Gasteiger partial charge in [-0.05, 0) is 75.2 Å². The molecule has 7 aromatic carbocycles. The summed E-state index contributed by atoms with van der Waals surface area (Å²) in [5.41, 5.74) is 16.0. The first-order valence-corrected chi connectivity index (χ1v) is 19.0. The summed E-state index contributed by atoms with van der Waals surface area (Å²) in [6, 6.07) is 68.3. The molecular formula is C52H36N4. The highest BCUT2D eigenvalue weighted by Gasteiger charge is 2.25. The normalized spacial score (nSPS) is 13.4. The van der Waals surface area contributed by atoms with Crippen LogP contribution in [0.2, 0.25) is 0 Å². The van der Waals surface area contributed by atoms with Crippen molar-refractivity contribution < 1.29 is 0 Å². The number of nitrogens with one attached hydrogen (secondary N) is 1. The number of rotatable bonds is 7. The summed E-state index contributed by atoms with van der Waals surface area (Å²) in [7, 11) is 0. The number of pyridine rings is 2. The van der Waals surface area contributed by atoms with E-state index in [-0.39, 0.29) is 6.17 Å². The first kappa shape index (κ1) is 33.2. The summed E-state index contributed by atoms with van der Waals surface area (Å²) in [6.45, 7) is 0. The van der Waals surface area contributed by atoms with Gasteiger partial charge in [0.1, 0.15) is 6.17 Å². The average Bonchev–Trinajstić information content (AvgIpc) is 3.29. The zero-order valence-corrected chi connectivity index (χ0v) is 30.5. The summed E-state index contributed by atoms with van der Waals surface area (Å²) in [5.74, 6) is 0. The molecule has 264 valence electrons. The maximum atomic E-state index is 5.48. The lowest BCUT2D eigenvalue weighted by Crippen LogP contribution is -2.21. The molecule has 0 saturated carbocycles. The highest BCUT2D eigenvalue weighted by Crippen LogP contribution is 2.40. The minimum absolute atomic E-state index is 0.356. The average molecular weight is 717 g/mol. The van der Waals surface area contributed by atoms with Gasteiger partial charge < -0.3 is 5.32 Å². The monoisotopic (exact) mass is 716 g/mol. The third-order valence-electron chi connectivity index (χ3n) is 10.6. The fourth-order valence-corrected chi connectivity index (χ4v) is 7.79. The van der Waals surface area contributed by atoms with Gasteiger partial charge >= 0.3 is 0 Å². The number of anilines is 1. The van der Waals surface area contributed by atoms with E-state index in [4.69, 9.17) is 9.98 Å². The van der Waals surface area contributed by atoms with E-state index in [0.717, 1.165) is 89.2 Å². The summed E-state index contributed by atoms with van der Waals surface area (Å²) in [6.07, 6.45) is 3.50. The Balaban J connectivity index is 1.15. The van der Waals surface area contributed by atoms with Crippen LogP contribution in [-0.4, -0.2) is 15.7 Å². The molecule has 0 aliphatic carbocycles. The molecule has 0 radical (unpaired) electrons. The predicted octanol–water partition coefficient (Wildman–Crippen LogP) is 12.9. The van der Waals surface area contributed by atoms with Crippen LogP contribution in [0, 0.1) is 0 Å². The first-order valence-electron chi connectivity index (χ1n) is 19.0. The molecule has 4 heteroatoms. The Morgan fingerprint density at radius 2 is 1.00 bits per heavy atom. The first-order chi connectivity index (χ1) is 27.7. The van der Waals surface area contributed by atoms with Gasteiger partial charge in [-0.2, -0.15) is 0 Å². The molecule has 10 rings (SSSR count). The number of hydrogen-bond acceptors (Lipinski definition) is 4. The third kappa shape index (κ3) is 6.33. The molecule has 0 fully saturated rings. The fraction of sp³-hybridized carbons (Fsp3) is 0.0192. The van der Waals surface area contributed by atoms with Crippen molar-refractivity contribution in [2.75, 3.05) is 5.32 Å². The Labute approximate surface area is 326 Å². The van der Waals surface area contributed by atoms with Crippen LogP contribution in [0.3, 0.4) is 0 Å². The van der Waals surface area contributed by atoms with Crippen LogP contribution >= 0.6 is 0 Å². The second-order valence-electron chi connectivity index (χ2n) is 14.1. The lowest BCUT2D eigenvalue weighted by atomic mass is 9.91. The van der Waals surface area contributed by atoms with E-state index in [2.05, 4.69) is 186 Å². The van der Waals surface area contributed by atoms with Crippen molar-refractivity contribution in [1.29, 1.82) is 0 Å². The molecule has 4 nitrogen and oxygen atoms in total. The third-order valence-corrected chi connectivity index (χ3v) is 10.6. The van der Waals surface area contributed by atoms with Crippen LogP contribution in [-0.2, 0) is 0 Å². The SMILES string of the molecule is c1ccc(C2=NC(c3cc(-c4ccc(-c5ccccn5)cc4)cc(-c4ncc(-c5ccccc5)c5ccccc45)c3)Nc3cc(-c4ccccc4)ccc32)cc1. The Kier molecular flexibility index (Phi) is 8.54. The summed E-state index contributed by atoms with van der Waals surface area (Å²) < 4.78 is 0. The molecule has 0 amide bonds. The van der Waals surface area contributed by atoms with Gasteiger partial charge in [-0.25, -0.2) is 0 Å². The molecule has 2 aromatic heterocycles. The summed E-state index contributed by atoms with van der Waals surface area (Å²) >= 11 is 0. The molecule has 1 aliphatic rings. The number of aromatic nitrogens is 2. The van der Waals surface area contributed by atoms with Gasteiger partial charge in [0.15, 0.2) is 0 Å². The van der Waals surface area contributed by atoms with Crippen molar-refractivity contribution in [1.82, 2.24) is 9.97 Å². The topological polar surface area (TPSA) is 50.2 Å². The van der Waals surface area contributed by atoms with Gasteiger partial charge in [0.05, 0.1) is 17.1 Å². The number of nitrogens with zero attached hydrogens (tertiary/aromatic N) is 3. The lowest BCUT2D eigenvalue weighted by Gasteiger charge is -2.28. The largest absolute Gasteiger partial charge is 0.359 e. The maximum absolute atomic E-state index is 5.48. The second-order valence-corrected chi connectivity index (χ2v) is 14.1. The molecular weight excluding hydrogens is 681 g/mol. The number of hydrogen-bond donors (Lipinski definition) is 1. The predicted molar refractivity (Wildman–Crippen MR) is 232 cm³/mol. The van der Waals surface area contributed by atoms with Crippen molar-refractivity contribution in [3.63, 3.8) is 0 Å². The number of aliphatic imine (C=N–C) groups is 1. The van der Waals surface area contributed by atoms with E-state index in [0.29, 0.717) is 0 Å². The minimum atomic E-state index is -0.356. The van der Waals surface area contributed by atoms with Crippen molar-refractivity contribution >= 4 is 22.2 Å². The molecule has 1 N–H and O–H groups in total. The smallest absolute Gasteiger partial charge is 0.145 e. The second kappa shape index (κ2) is 14.4. The Hall–Kier alpha value is -7.43. The standard InChI is InChI=1S/C52H36N4/c1-4-14-35(15-5-1)40-27-28-46-49(33-40)55-52(56-51(46)39-18-8-3-9-19-39)43-31-41(36-23-25-38(26-24-36)48-22-12-13-29-53-48)30-42(32-43)50-45-21-11-10-20-44(45)47(34-54-50)37-16-6-2-7-17-37/h1-34,52,55H. The number of fused-ring (bicyclic) bond motifs is 2. The summed E-state index contributed by atoms with van der Waals surface area (Å²) in [5, 5.41) is 6.13. The minimum Gasteiger partial charge on any atom is -0.359 e. The van der Waals surface area contributed by atoms with Crippen LogP contribution in [0.25, 0.3) is 66.7 Å². The van der Waals surface area contributed by atoms with Crippen LogP contribution in [0.5, 0.6) is 0 Å². The molecule has 0 spiro atoms. The number of benzene rings is 7.